The first-order valence-corrected chi connectivity index (χ1v) is 6.82. The van der Waals surface area contributed by atoms with Gasteiger partial charge in [-0.3, -0.25) is 0 Å². The average Bonchev–Trinajstić information content (AvgIpc) is 2.22. The summed E-state index contributed by atoms with van der Waals surface area (Å²) in [6.45, 7) is 1.12. The number of rotatable bonds is 0. The van der Waals surface area contributed by atoms with Gasteiger partial charge in [0, 0.05) is 24.1 Å². The van der Waals surface area contributed by atoms with E-state index in [-0.39, 0.29) is 0 Å². The zero-order valence-electron chi connectivity index (χ0n) is 9.90. The molecule has 6 nitrogen and oxygen atoms in total. The van der Waals surface area contributed by atoms with Crippen molar-refractivity contribution >= 4 is 5.71 Å². The van der Waals surface area contributed by atoms with Gasteiger partial charge in [-0.1, -0.05) is 0 Å². The fraction of sp³-hybridized carbons (Fsp3) is 0.700. The Morgan fingerprint density at radius 3 is 2.24 bits per heavy atom. The van der Waals surface area contributed by atoms with Gasteiger partial charge in [0.05, 0.1) is 0 Å². The van der Waals surface area contributed by atoms with Crippen LogP contribution < -0.4 is 10.4 Å². The Morgan fingerprint density at radius 1 is 1.18 bits per heavy atom. The summed E-state index contributed by atoms with van der Waals surface area (Å²) in [5.41, 5.74) is 10.1. The van der Waals surface area contributed by atoms with Crippen LogP contribution in [0, 0.1) is 10.2 Å². The van der Waals surface area contributed by atoms with Crippen LogP contribution in [0.2, 0.25) is 0 Å². The van der Waals surface area contributed by atoms with Gasteiger partial charge in [0.2, 0.25) is 0 Å². The Morgan fingerprint density at radius 2 is 1.71 bits per heavy atom. The van der Waals surface area contributed by atoms with Crippen molar-refractivity contribution < 1.29 is 33.5 Å². The minimum atomic E-state index is -4.19. The first-order chi connectivity index (χ1) is 7.79. The van der Waals surface area contributed by atoms with E-state index in [1.54, 1.807) is 0 Å². The Labute approximate surface area is 102 Å². The van der Waals surface area contributed by atoms with Crippen LogP contribution >= 0.6 is 0 Å². The minimum absolute atomic E-state index is 1.06. The second kappa shape index (κ2) is 5.79. The van der Waals surface area contributed by atoms with Crippen LogP contribution in [-0.2, 0) is 0 Å². The molecular weight excluding hydrogens is 248 g/mol. The molecule has 17 heavy (non-hydrogen) atoms. The zero-order chi connectivity index (χ0) is 13.1. The molecule has 0 radical (unpaired) electrons. The number of hydrogen-bond donors (Lipinski definition) is 4. The molecule has 0 aromatic carbocycles. The first-order valence-electron chi connectivity index (χ1n) is 5.50. The SMILES string of the molecule is C[N+]1=C2CCCCC2=C(N)CC1.[O-][Cl+](O)(O)O. The van der Waals surface area contributed by atoms with Gasteiger partial charge in [0.25, 0.3) is 0 Å². The van der Waals surface area contributed by atoms with E-state index in [2.05, 4.69) is 11.6 Å². The van der Waals surface area contributed by atoms with Crippen molar-refractivity contribution in [2.75, 3.05) is 13.6 Å². The summed E-state index contributed by atoms with van der Waals surface area (Å²) in [5, 5.41) is 0. The number of halogens is 1. The molecule has 1 aliphatic carbocycles. The Bertz CT molecular complexity index is 313. The predicted molar refractivity (Wildman–Crippen MR) is 57.0 cm³/mol. The van der Waals surface area contributed by atoms with Gasteiger partial charge in [-0.2, -0.15) is 0 Å². The molecule has 0 bridgehead atoms. The topological polar surface area (TPSA) is 113 Å². The summed E-state index contributed by atoms with van der Waals surface area (Å²) in [6.07, 6.45) is 6.19. The molecule has 7 heteroatoms. The van der Waals surface area contributed by atoms with E-state index in [1.807, 2.05) is 0 Å². The van der Waals surface area contributed by atoms with Crippen molar-refractivity contribution in [2.45, 2.75) is 32.1 Å². The molecule has 0 spiro atoms. The van der Waals surface area contributed by atoms with Crippen LogP contribution in [-0.4, -0.2) is 37.9 Å². The molecule has 0 aromatic heterocycles. The van der Waals surface area contributed by atoms with Crippen LogP contribution in [0.25, 0.3) is 0 Å². The van der Waals surface area contributed by atoms with E-state index in [9.17, 15) is 0 Å². The normalized spacial score (nSPS) is 21.7. The number of allylic oxidation sites excluding steroid dienone is 1. The van der Waals surface area contributed by atoms with Gasteiger partial charge in [-0.05, 0) is 19.3 Å². The maximum atomic E-state index is 8.83. The van der Waals surface area contributed by atoms with E-state index < -0.39 is 10.2 Å². The van der Waals surface area contributed by atoms with Gasteiger partial charge in [-0.15, -0.1) is 0 Å². The molecule has 2 rings (SSSR count). The molecule has 100 valence electrons. The molecule has 2 aliphatic rings. The van der Waals surface area contributed by atoms with Gasteiger partial charge in [-0.25, -0.2) is 4.58 Å². The second-order valence-electron chi connectivity index (χ2n) is 4.26. The van der Waals surface area contributed by atoms with Crippen molar-refractivity contribution in [1.82, 2.24) is 0 Å². The number of hydrogen-bond acceptors (Lipinski definition) is 5. The van der Waals surface area contributed by atoms with Crippen LogP contribution in [0.3, 0.4) is 0 Å². The summed E-state index contributed by atoms with van der Waals surface area (Å²) in [4.78, 5) is 0. The van der Waals surface area contributed by atoms with E-state index in [0.717, 1.165) is 18.7 Å². The maximum absolute atomic E-state index is 8.83. The van der Waals surface area contributed by atoms with Crippen molar-refractivity contribution in [2.24, 2.45) is 5.73 Å². The molecule has 0 saturated heterocycles. The Balaban J connectivity index is 0.000000249. The molecule has 0 aromatic rings. The standard InChI is InChI=1S/C10H16N2.ClH3O4/c1-12-7-6-9(11)8-4-2-3-5-10(8)12;2-1(3,4)5/h11H,2-7H2,1H3;2-4H/p+1. The quantitative estimate of drug-likeness (QED) is 0.395. The van der Waals surface area contributed by atoms with E-state index >= 15 is 0 Å². The number of fused-ring (bicyclic) bond motifs is 1. The molecule has 1 aliphatic heterocycles. The zero-order valence-corrected chi connectivity index (χ0v) is 10.7. The monoisotopic (exact) mass is 267 g/mol. The third-order valence-electron chi connectivity index (χ3n) is 3.00. The third kappa shape index (κ3) is 5.01. The Hall–Kier alpha value is -0.660. The predicted octanol–water partition coefficient (Wildman–Crippen LogP) is -1.60. The van der Waals surface area contributed by atoms with E-state index in [4.69, 9.17) is 24.4 Å². The van der Waals surface area contributed by atoms with Crippen LogP contribution in [0.5, 0.6) is 0 Å². The Kier molecular flexibility index (Phi) is 4.91. The first kappa shape index (κ1) is 14.4. The van der Waals surface area contributed by atoms with Gasteiger partial charge in [0.15, 0.2) is 5.71 Å². The van der Waals surface area contributed by atoms with Crippen molar-refractivity contribution in [3.05, 3.63) is 11.3 Å². The summed E-state index contributed by atoms with van der Waals surface area (Å²) in [7, 11) is -2.01. The second-order valence-corrected chi connectivity index (χ2v) is 5.13. The number of nitrogens with two attached hydrogens (primary N) is 1. The van der Waals surface area contributed by atoms with Crippen LogP contribution in [0.4, 0.5) is 0 Å². The molecule has 1 saturated carbocycles. The van der Waals surface area contributed by atoms with Gasteiger partial charge >= 0.3 is 28.9 Å². The van der Waals surface area contributed by atoms with Crippen molar-refractivity contribution in [1.29, 1.82) is 0 Å². The van der Waals surface area contributed by atoms with E-state index in [1.165, 1.54) is 37.0 Å². The molecular formula is C10H20ClN2O4+. The summed E-state index contributed by atoms with van der Waals surface area (Å²) >= 11 is 0. The molecule has 1 heterocycles. The fourth-order valence-corrected chi connectivity index (χ4v) is 2.23. The summed E-state index contributed by atoms with van der Waals surface area (Å²) in [5.74, 6) is 0. The van der Waals surface area contributed by atoms with Crippen LogP contribution in [0.15, 0.2) is 11.3 Å². The van der Waals surface area contributed by atoms with Crippen LogP contribution in [0.1, 0.15) is 32.1 Å². The van der Waals surface area contributed by atoms with Gasteiger partial charge in [0.1, 0.15) is 13.6 Å². The average molecular weight is 268 g/mol. The van der Waals surface area contributed by atoms with Gasteiger partial charge < -0.3 is 5.73 Å². The number of nitrogens with zero attached hydrogens (tertiary/aromatic N) is 1. The molecule has 1 fully saturated rings. The van der Waals surface area contributed by atoms with E-state index in [0.29, 0.717) is 0 Å². The molecule has 5 N–H and O–H groups in total. The molecule has 0 atom stereocenters. The van der Waals surface area contributed by atoms with Crippen molar-refractivity contribution in [3.63, 3.8) is 0 Å². The molecule has 0 unspecified atom stereocenters. The fourth-order valence-electron chi connectivity index (χ4n) is 2.23. The van der Waals surface area contributed by atoms with Crippen molar-refractivity contribution in [3.8, 4) is 0 Å². The third-order valence-corrected chi connectivity index (χ3v) is 3.00. The summed E-state index contributed by atoms with van der Waals surface area (Å²) in [6, 6.07) is 0. The summed E-state index contributed by atoms with van der Waals surface area (Å²) < 4.78 is 32.6. The molecule has 0 amide bonds.